The summed E-state index contributed by atoms with van der Waals surface area (Å²) in [4.78, 5) is 22.8. The standard InChI is InChI=1S/C14H15NO3/c1-4-7-15-13(16)9-18-14(17)12-6-5-10(2)11(3)8-12/h1,5-6,8H,7,9H2,2-3H3,(H,15,16). The molecule has 0 aromatic heterocycles. The third kappa shape index (κ3) is 3.95. The fourth-order valence-electron chi connectivity index (χ4n) is 1.28. The van der Waals surface area contributed by atoms with Crippen LogP contribution in [-0.2, 0) is 9.53 Å². The first-order chi connectivity index (χ1) is 8.54. The van der Waals surface area contributed by atoms with Crippen molar-refractivity contribution in [2.75, 3.05) is 13.2 Å². The number of hydrogen-bond acceptors (Lipinski definition) is 3. The van der Waals surface area contributed by atoms with E-state index < -0.39 is 11.9 Å². The third-order valence-corrected chi connectivity index (χ3v) is 2.46. The molecule has 4 heteroatoms. The highest BCUT2D eigenvalue weighted by Crippen LogP contribution is 2.10. The largest absolute Gasteiger partial charge is 0.452 e. The van der Waals surface area contributed by atoms with E-state index in [4.69, 9.17) is 11.2 Å². The minimum absolute atomic E-state index is 0.125. The van der Waals surface area contributed by atoms with Crippen LogP contribution in [0.2, 0.25) is 0 Å². The van der Waals surface area contributed by atoms with Gasteiger partial charge in [-0.1, -0.05) is 12.0 Å². The van der Waals surface area contributed by atoms with Crippen molar-refractivity contribution >= 4 is 11.9 Å². The Labute approximate surface area is 106 Å². The Morgan fingerprint density at radius 1 is 1.33 bits per heavy atom. The van der Waals surface area contributed by atoms with Crippen molar-refractivity contribution in [3.63, 3.8) is 0 Å². The first kappa shape index (κ1) is 13.8. The van der Waals surface area contributed by atoms with Crippen LogP contribution in [0.3, 0.4) is 0 Å². The summed E-state index contributed by atoms with van der Waals surface area (Å²) in [6.07, 6.45) is 4.98. The van der Waals surface area contributed by atoms with Crippen molar-refractivity contribution in [1.82, 2.24) is 5.32 Å². The van der Waals surface area contributed by atoms with Gasteiger partial charge in [0.25, 0.3) is 5.91 Å². The zero-order valence-electron chi connectivity index (χ0n) is 10.4. The van der Waals surface area contributed by atoms with Crippen molar-refractivity contribution in [3.8, 4) is 12.3 Å². The van der Waals surface area contributed by atoms with Gasteiger partial charge in [-0.3, -0.25) is 4.79 Å². The van der Waals surface area contributed by atoms with Crippen LogP contribution in [0.25, 0.3) is 0 Å². The minimum atomic E-state index is -0.519. The Bertz CT molecular complexity index is 500. The highest BCUT2D eigenvalue weighted by molar-refractivity contribution is 5.91. The van der Waals surface area contributed by atoms with Crippen LogP contribution < -0.4 is 5.32 Å². The molecule has 18 heavy (non-hydrogen) atoms. The van der Waals surface area contributed by atoms with Gasteiger partial charge in [-0.05, 0) is 37.1 Å². The predicted octanol–water partition coefficient (Wildman–Crippen LogP) is 1.21. The molecule has 1 rings (SSSR count). The Hall–Kier alpha value is -2.28. The maximum Gasteiger partial charge on any atom is 0.338 e. The molecule has 1 aromatic rings. The van der Waals surface area contributed by atoms with Gasteiger partial charge in [0.2, 0.25) is 0 Å². The molecule has 0 saturated heterocycles. The number of rotatable bonds is 4. The Balaban J connectivity index is 2.53. The monoisotopic (exact) mass is 245 g/mol. The summed E-state index contributed by atoms with van der Waals surface area (Å²) in [5.74, 6) is 1.33. The molecule has 0 bridgehead atoms. The van der Waals surface area contributed by atoms with Crippen molar-refractivity contribution < 1.29 is 14.3 Å². The third-order valence-electron chi connectivity index (χ3n) is 2.46. The van der Waals surface area contributed by atoms with E-state index in [-0.39, 0.29) is 13.2 Å². The summed E-state index contributed by atoms with van der Waals surface area (Å²) in [6.45, 7) is 3.66. The molecule has 1 amide bonds. The normalized spacial score (nSPS) is 9.39. The summed E-state index contributed by atoms with van der Waals surface area (Å²) in [6, 6.07) is 5.24. The van der Waals surface area contributed by atoms with E-state index in [0.29, 0.717) is 5.56 Å². The number of carbonyl (C=O) groups is 2. The smallest absolute Gasteiger partial charge is 0.338 e. The second-order valence-electron chi connectivity index (χ2n) is 3.86. The molecular weight excluding hydrogens is 230 g/mol. The number of esters is 1. The van der Waals surface area contributed by atoms with Crippen LogP contribution in [-0.4, -0.2) is 25.0 Å². The van der Waals surface area contributed by atoms with Gasteiger partial charge in [0.15, 0.2) is 6.61 Å². The van der Waals surface area contributed by atoms with E-state index in [0.717, 1.165) is 11.1 Å². The van der Waals surface area contributed by atoms with E-state index in [9.17, 15) is 9.59 Å². The van der Waals surface area contributed by atoms with Crippen LogP contribution >= 0.6 is 0 Å². The maximum absolute atomic E-state index is 11.6. The molecule has 0 unspecified atom stereocenters. The van der Waals surface area contributed by atoms with Gasteiger partial charge >= 0.3 is 5.97 Å². The summed E-state index contributed by atoms with van der Waals surface area (Å²) < 4.78 is 4.86. The Morgan fingerprint density at radius 3 is 2.67 bits per heavy atom. The molecule has 0 aliphatic rings. The van der Waals surface area contributed by atoms with Crippen LogP contribution in [0.1, 0.15) is 21.5 Å². The Morgan fingerprint density at radius 2 is 2.06 bits per heavy atom. The lowest BCUT2D eigenvalue weighted by molar-refractivity contribution is -0.123. The molecule has 0 atom stereocenters. The summed E-state index contributed by atoms with van der Waals surface area (Å²) >= 11 is 0. The van der Waals surface area contributed by atoms with Gasteiger partial charge in [-0.2, -0.15) is 0 Å². The first-order valence-corrected chi connectivity index (χ1v) is 5.49. The van der Waals surface area contributed by atoms with E-state index in [1.54, 1.807) is 12.1 Å². The molecule has 1 N–H and O–H groups in total. The predicted molar refractivity (Wildman–Crippen MR) is 68.0 cm³/mol. The number of carbonyl (C=O) groups excluding carboxylic acids is 2. The number of amides is 1. The fourth-order valence-corrected chi connectivity index (χ4v) is 1.28. The number of terminal acetylenes is 1. The topological polar surface area (TPSA) is 55.4 Å². The van der Waals surface area contributed by atoms with Crippen molar-refractivity contribution in [1.29, 1.82) is 0 Å². The van der Waals surface area contributed by atoms with Gasteiger partial charge in [-0.25, -0.2) is 4.79 Å². The second kappa shape index (κ2) is 6.45. The molecule has 0 saturated carbocycles. The number of nitrogens with one attached hydrogen (secondary N) is 1. The lowest BCUT2D eigenvalue weighted by Gasteiger charge is -2.06. The number of benzene rings is 1. The van der Waals surface area contributed by atoms with Crippen LogP contribution in [0, 0.1) is 26.2 Å². The molecule has 0 aliphatic carbocycles. The van der Waals surface area contributed by atoms with E-state index >= 15 is 0 Å². The van der Waals surface area contributed by atoms with Crippen molar-refractivity contribution in [2.45, 2.75) is 13.8 Å². The molecule has 1 aromatic carbocycles. The molecule has 94 valence electrons. The summed E-state index contributed by atoms with van der Waals surface area (Å²) in [7, 11) is 0. The van der Waals surface area contributed by atoms with Crippen LogP contribution in [0.15, 0.2) is 18.2 Å². The molecular formula is C14H15NO3. The molecule has 0 aliphatic heterocycles. The number of ether oxygens (including phenoxy) is 1. The lowest BCUT2D eigenvalue weighted by Crippen LogP contribution is -2.29. The quantitative estimate of drug-likeness (QED) is 0.640. The molecule has 0 heterocycles. The SMILES string of the molecule is C#CCNC(=O)COC(=O)c1ccc(C)c(C)c1. The van der Waals surface area contributed by atoms with Gasteiger partial charge in [0.05, 0.1) is 12.1 Å². The van der Waals surface area contributed by atoms with Crippen LogP contribution in [0.4, 0.5) is 0 Å². The highest BCUT2D eigenvalue weighted by Gasteiger charge is 2.10. The Kier molecular flexibility index (Phi) is 4.94. The summed E-state index contributed by atoms with van der Waals surface area (Å²) in [5, 5.41) is 2.41. The molecule has 0 radical (unpaired) electrons. The molecule has 4 nitrogen and oxygen atoms in total. The van der Waals surface area contributed by atoms with E-state index in [1.165, 1.54) is 0 Å². The zero-order valence-corrected chi connectivity index (χ0v) is 10.4. The zero-order chi connectivity index (χ0) is 13.5. The first-order valence-electron chi connectivity index (χ1n) is 5.49. The molecule has 0 spiro atoms. The lowest BCUT2D eigenvalue weighted by atomic mass is 10.1. The minimum Gasteiger partial charge on any atom is -0.452 e. The average Bonchev–Trinajstić information content (AvgIpc) is 2.36. The maximum atomic E-state index is 11.6. The van der Waals surface area contributed by atoms with Gasteiger partial charge < -0.3 is 10.1 Å². The van der Waals surface area contributed by atoms with Crippen molar-refractivity contribution in [2.24, 2.45) is 0 Å². The highest BCUT2D eigenvalue weighted by atomic mass is 16.5. The number of aryl methyl sites for hydroxylation is 2. The average molecular weight is 245 g/mol. The van der Waals surface area contributed by atoms with Crippen molar-refractivity contribution in [3.05, 3.63) is 34.9 Å². The van der Waals surface area contributed by atoms with Gasteiger partial charge in [0.1, 0.15) is 0 Å². The molecule has 0 fully saturated rings. The van der Waals surface area contributed by atoms with E-state index in [1.807, 2.05) is 19.9 Å². The van der Waals surface area contributed by atoms with Gasteiger partial charge in [0, 0.05) is 0 Å². The fraction of sp³-hybridized carbons (Fsp3) is 0.286. The van der Waals surface area contributed by atoms with Crippen LogP contribution in [0.5, 0.6) is 0 Å². The van der Waals surface area contributed by atoms with Gasteiger partial charge in [-0.15, -0.1) is 6.42 Å². The number of hydrogen-bond donors (Lipinski definition) is 1. The summed E-state index contributed by atoms with van der Waals surface area (Å²) in [5.41, 5.74) is 2.53. The van der Waals surface area contributed by atoms with E-state index in [2.05, 4.69) is 11.2 Å². The second-order valence-corrected chi connectivity index (χ2v) is 3.86.